The third-order valence-electron chi connectivity index (χ3n) is 0.636. The fraction of sp³-hybridized carbons (Fsp3) is 0. The van der Waals surface area contributed by atoms with Crippen LogP contribution in [0, 0.1) is 6.20 Å². The molecule has 1 heterocycles. The zero-order chi connectivity index (χ0) is 5.98. The van der Waals surface area contributed by atoms with Crippen molar-refractivity contribution in [2.24, 2.45) is 0 Å². The Morgan fingerprint density at radius 3 is 2.88 bits per heavy atom. The third kappa shape index (κ3) is 0.869. The van der Waals surface area contributed by atoms with Gasteiger partial charge in [-0.2, -0.15) is 0 Å². The van der Waals surface area contributed by atoms with Crippen LogP contribution >= 0.6 is 11.6 Å². The van der Waals surface area contributed by atoms with Gasteiger partial charge in [-0.25, -0.2) is 9.97 Å². The molecular formula is C4H3ClN3. The molecule has 0 fully saturated rings. The van der Waals surface area contributed by atoms with E-state index in [1.165, 1.54) is 6.33 Å². The highest BCUT2D eigenvalue weighted by molar-refractivity contribution is 6.31. The normalized spacial score (nSPS) is 9.12. The summed E-state index contributed by atoms with van der Waals surface area (Å²) in [5.41, 5.74) is 5.49. The monoisotopic (exact) mass is 128 g/mol. The maximum atomic E-state index is 5.40. The Balaban J connectivity index is 3.13. The summed E-state index contributed by atoms with van der Waals surface area (Å²) < 4.78 is 0. The zero-order valence-electron chi connectivity index (χ0n) is 3.93. The van der Waals surface area contributed by atoms with Crippen molar-refractivity contribution in [3.63, 3.8) is 0 Å². The van der Waals surface area contributed by atoms with Crippen LogP contribution in [-0.2, 0) is 0 Å². The van der Waals surface area contributed by atoms with Gasteiger partial charge in [0, 0.05) is 0 Å². The molecule has 41 valence electrons. The summed E-state index contributed by atoms with van der Waals surface area (Å²) in [7, 11) is 0. The minimum atomic E-state index is 0.250. The van der Waals surface area contributed by atoms with E-state index in [0.29, 0.717) is 0 Å². The van der Waals surface area contributed by atoms with Crippen LogP contribution in [0.2, 0.25) is 5.15 Å². The van der Waals surface area contributed by atoms with Crippen LogP contribution in [0.5, 0.6) is 0 Å². The van der Waals surface area contributed by atoms with Crippen LogP contribution < -0.4 is 5.73 Å². The predicted octanol–water partition coefficient (Wildman–Crippen LogP) is 0.512. The molecule has 2 N–H and O–H groups in total. The van der Waals surface area contributed by atoms with Crippen molar-refractivity contribution in [2.45, 2.75) is 0 Å². The first-order chi connectivity index (χ1) is 3.80. The lowest BCUT2D eigenvalue weighted by atomic mass is 10.6. The van der Waals surface area contributed by atoms with Crippen LogP contribution in [-0.4, -0.2) is 9.97 Å². The molecular weight excluding hydrogens is 126 g/mol. The van der Waals surface area contributed by atoms with Gasteiger partial charge in [-0.05, 0) is 0 Å². The highest BCUT2D eigenvalue weighted by Crippen LogP contribution is 2.09. The number of halogens is 1. The first-order valence-corrected chi connectivity index (χ1v) is 2.32. The Hall–Kier alpha value is -0.830. The second-order valence-corrected chi connectivity index (χ2v) is 1.55. The van der Waals surface area contributed by atoms with Crippen molar-refractivity contribution in [1.29, 1.82) is 0 Å². The number of nitrogens with zero attached hydrogens (tertiary/aromatic N) is 2. The maximum Gasteiger partial charge on any atom is 0.156 e. The van der Waals surface area contributed by atoms with E-state index in [0.717, 1.165) is 0 Å². The summed E-state index contributed by atoms with van der Waals surface area (Å²) in [5.74, 6) is 0. The largest absolute Gasteiger partial charge is 0.394 e. The van der Waals surface area contributed by atoms with Crippen molar-refractivity contribution in [3.8, 4) is 0 Å². The van der Waals surface area contributed by atoms with E-state index in [9.17, 15) is 0 Å². The smallest absolute Gasteiger partial charge is 0.156 e. The molecule has 0 atom stereocenters. The average Bonchev–Trinajstić information content (AvgIpc) is 1.77. The molecule has 0 aromatic carbocycles. The topological polar surface area (TPSA) is 51.8 Å². The first kappa shape index (κ1) is 5.31. The Morgan fingerprint density at radius 1 is 1.75 bits per heavy atom. The second kappa shape index (κ2) is 1.96. The van der Waals surface area contributed by atoms with E-state index in [1.54, 1.807) is 0 Å². The number of anilines is 1. The molecule has 3 nitrogen and oxygen atoms in total. The molecule has 1 aromatic rings. The fourth-order valence-electron chi connectivity index (χ4n) is 0.294. The number of hydrogen-bond acceptors (Lipinski definition) is 3. The van der Waals surface area contributed by atoms with Gasteiger partial charge in [-0.15, -0.1) is 0 Å². The fourth-order valence-corrected chi connectivity index (χ4v) is 0.380. The summed E-state index contributed by atoms with van der Waals surface area (Å²) in [6.45, 7) is 0. The molecule has 0 amide bonds. The summed E-state index contributed by atoms with van der Waals surface area (Å²) in [6.07, 6.45) is 3.72. The zero-order valence-corrected chi connectivity index (χ0v) is 4.68. The van der Waals surface area contributed by atoms with Crippen LogP contribution in [0.25, 0.3) is 0 Å². The van der Waals surface area contributed by atoms with Gasteiger partial charge in [0.25, 0.3) is 0 Å². The van der Waals surface area contributed by atoms with Crippen molar-refractivity contribution in [3.05, 3.63) is 17.7 Å². The molecule has 0 spiro atoms. The Labute approximate surface area is 51.5 Å². The molecule has 1 radical (unpaired) electrons. The number of hydrogen-bond donors (Lipinski definition) is 1. The lowest BCUT2D eigenvalue weighted by molar-refractivity contribution is 1.16. The molecule has 1 rings (SSSR count). The van der Waals surface area contributed by atoms with E-state index >= 15 is 0 Å². The molecule has 4 heteroatoms. The highest BCUT2D eigenvalue weighted by Gasteiger charge is 1.91. The SMILES string of the molecule is Nc1[c]ncnc1Cl. The van der Waals surface area contributed by atoms with E-state index in [1.807, 2.05) is 0 Å². The van der Waals surface area contributed by atoms with Gasteiger partial charge < -0.3 is 5.73 Å². The van der Waals surface area contributed by atoms with Gasteiger partial charge in [0.1, 0.15) is 12.5 Å². The highest BCUT2D eigenvalue weighted by atomic mass is 35.5. The molecule has 0 saturated carbocycles. The lowest BCUT2D eigenvalue weighted by Gasteiger charge is -1.88. The van der Waals surface area contributed by atoms with E-state index in [4.69, 9.17) is 17.3 Å². The minimum absolute atomic E-state index is 0.250. The van der Waals surface area contributed by atoms with Crippen molar-refractivity contribution >= 4 is 17.3 Å². The van der Waals surface area contributed by atoms with Crippen LogP contribution in [0.3, 0.4) is 0 Å². The number of nitrogens with two attached hydrogens (primary N) is 1. The third-order valence-corrected chi connectivity index (χ3v) is 0.937. The Kier molecular flexibility index (Phi) is 1.30. The molecule has 1 aromatic heterocycles. The van der Waals surface area contributed by atoms with Crippen LogP contribution in [0.1, 0.15) is 0 Å². The summed E-state index contributed by atoms with van der Waals surface area (Å²) in [6, 6.07) is 0. The number of aromatic nitrogens is 2. The predicted molar refractivity (Wildman–Crippen MR) is 30.3 cm³/mol. The molecule has 0 bridgehead atoms. The summed E-state index contributed by atoms with van der Waals surface area (Å²) in [5, 5.41) is 0.250. The quantitative estimate of drug-likeness (QED) is 0.518. The van der Waals surface area contributed by atoms with E-state index < -0.39 is 0 Å². The Morgan fingerprint density at radius 2 is 2.50 bits per heavy atom. The molecule has 0 unspecified atom stereocenters. The molecule has 0 aliphatic carbocycles. The van der Waals surface area contributed by atoms with Gasteiger partial charge in [-0.1, -0.05) is 11.6 Å². The number of nitrogen functional groups attached to an aromatic ring is 1. The van der Waals surface area contributed by atoms with Crippen molar-refractivity contribution in [1.82, 2.24) is 9.97 Å². The number of rotatable bonds is 0. The molecule has 0 aliphatic rings. The molecule has 0 saturated heterocycles. The van der Waals surface area contributed by atoms with E-state index in [2.05, 4.69) is 16.2 Å². The summed E-state index contributed by atoms with van der Waals surface area (Å²) in [4.78, 5) is 7.08. The van der Waals surface area contributed by atoms with Crippen LogP contribution in [0.4, 0.5) is 5.69 Å². The molecule has 0 aliphatic heterocycles. The van der Waals surface area contributed by atoms with Gasteiger partial charge >= 0.3 is 0 Å². The van der Waals surface area contributed by atoms with Gasteiger partial charge in [-0.3, -0.25) is 0 Å². The van der Waals surface area contributed by atoms with Crippen molar-refractivity contribution in [2.75, 3.05) is 5.73 Å². The maximum absolute atomic E-state index is 5.40. The molecule has 8 heavy (non-hydrogen) atoms. The minimum Gasteiger partial charge on any atom is -0.394 e. The van der Waals surface area contributed by atoms with Crippen LogP contribution in [0.15, 0.2) is 6.33 Å². The first-order valence-electron chi connectivity index (χ1n) is 1.94. The van der Waals surface area contributed by atoms with E-state index in [-0.39, 0.29) is 10.8 Å². The lowest BCUT2D eigenvalue weighted by Crippen LogP contribution is -1.89. The Bertz CT molecular complexity index is 167. The summed E-state index contributed by atoms with van der Waals surface area (Å²) >= 11 is 5.40. The second-order valence-electron chi connectivity index (χ2n) is 1.19. The van der Waals surface area contributed by atoms with Gasteiger partial charge in [0.05, 0.1) is 5.69 Å². The average molecular weight is 129 g/mol. The van der Waals surface area contributed by atoms with Crippen molar-refractivity contribution < 1.29 is 0 Å². The van der Waals surface area contributed by atoms with Gasteiger partial charge in [0.15, 0.2) is 5.15 Å². The van der Waals surface area contributed by atoms with Gasteiger partial charge in [0.2, 0.25) is 0 Å². The standard InChI is InChI=1S/C4H3ClN3/c5-4-3(6)1-7-2-8-4/h2H,6H2.